The van der Waals surface area contributed by atoms with Gasteiger partial charge in [-0.05, 0) is 32.4 Å². The van der Waals surface area contributed by atoms with Gasteiger partial charge in [-0.25, -0.2) is 14.6 Å². The van der Waals surface area contributed by atoms with Crippen molar-refractivity contribution in [1.82, 2.24) is 24.0 Å². The fourth-order valence-corrected chi connectivity index (χ4v) is 3.39. The largest absolute Gasteiger partial charge is 0.467 e. The van der Waals surface area contributed by atoms with Gasteiger partial charge >= 0.3 is 11.7 Å². The third-order valence-electron chi connectivity index (χ3n) is 4.64. The molecule has 2 rings (SSSR count). The Hall–Kier alpha value is -2.42. The first-order valence-electron chi connectivity index (χ1n) is 9.39. The Labute approximate surface area is 158 Å². The monoisotopic (exact) mass is 379 g/mol. The normalized spacial score (nSPS) is 12.7. The zero-order chi connectivity index (χ0) is 20.1. The molecule has 0 saturated carbocycles. The number of fused-ring (bicyclic) bond motifs is 1. The Morgan fingerprint density at radius 1 is 1.22 bits per heavy atom. The molecule has 2 aromatic heterocycles. The summed E-state index contributed by atoms with van der Waals surface area (Å²) in [5.74, 6) is 0.139. The molecule has 0 fully saturated rings. The van der Waals surface area contributed by atoms with E-state index in [9.17, 15) is 14.4 Å². The van der Waals surface area contributed by atoms with Gasteiger partial charge in [-0.1, -0.05) is 20.8 Å². The van der Waals surface area contributed by atoms with Crippen LogP contribution in [0.4, 0.5) is 0 Å². The summed E-state index contributed by atoms with van der Waals surface area (Å²) in [6.45, 7) is 8.29. The zero-order valence-corrected chi connectivity index (χ0v) is 16.7. The molecule has 0 aliphatic carbocycles. The lowest BCUT2D eigenvalue weighted by molar-refractivity contribution is -0.144. The smallest absolute Gasteiger partial charge is 0.329 e. The van der Waals surface area contributed by atoms with Crippen molar-refractivity contribution in [1.29, 1.82) is 0 Å². The lowest BCUT2D eigenvalue weighted by Crippen LogP contribution is -2.32. The first-order chi connectivity index (χ1) is 12.9. The van der Waals surface area contributed by atoms with Crippen LogP contribution in [-0.4, -0.2) is 50.2 Å². The average Bonchev–Trinajstić information content (AvgIpc) is 3.00. The van der Waals surface area contributed by atoms with Crippen LogP contribution in [-0.2, 0) is 23.1 Å². The zero-order valence-electron chi connectivity index (χ0n) is 16.7. The first kappa shape index (κ1) is 20.9. The van der Waals surface area contributed by atoms with Crippen LogP contribution in [0.2, 0.25) is 0 Å². The van der Waals surface area contributed by atoms with Gasteiger partial charge in [0.15, 0.2) is 11.2 Å². The van der Waals surface area contributed by atoms with E-state index in [2.05, 4.69) is 28.7 Å². The van der Waals surface area contributed by atoms with Crippen LogP contribution in [0.5, 0.6) is 0 Å². The fourth-order valence-electron chi connectivity index (χ4n) is 3.39. The number of carbonyl (C=O) groups is 1. The fraction of sp³-hybridized carbons (Fsp3) is 0.667. The number of ether oxygens (including phenoxy) is 1. The summed E-state index contributed by atoms with van der Waals surface area (Å²) < 4.78 is 7.88. The molecule has 150 valence electrons. The molecule has 2 aromatic rings. The van der Waals surface area contributed by atoms with Gasteiger partial charge < -0.3 is 9.30 Å². The Morgan fingerprint density at radius 2 is 1.85 bits per heavy atom. The molecular weight excluding hydrogens is 350 g/mol. The molecule has 0 spiro atoms. The van der Waals surface area contributed by atoms with Crippen molar-refractivity contribution >= 4 is 17.1 Å². The van der Waals surface area contributed by atoms with E-state index in [4.69, 9.17) is 4.74 Å². The van der Waals surface area contributed by atoms with Crippen LogP contribution in [0, 0.1) is 0 Å². The van der Waals surface area contributed by atoms with Crippen molar-refractivity contribution in [3.63, 3.8) is 0 Å². The lowest BCUT2D eigenvalue weighted by atomic mass is 10.2. The quantitative estimate of drug-likeness (QED) is 0.656. The molecule has 1 atom stereocenters. The van der Waals surface area contributed by atoms with Crippen molar-refractivity contribution in [3.8, 4) is 0 Å². The van der Waals surface area contributed by atoms with Crippen LogP contribution in [0.25, 0.3) is 11.2 Å². The Bertz CT molecular complexity index is 905. The minimum atomic E-state index is -0.682. The van der Waals surface area contributed by atoms with Crippen molar-refractivity contribution in [2.45, 2.75) is 52.6 Å². The Morgan fingerprint density at radius 3 is 2.37 bits per heavy atom. The highest BCUT2D eigenvalue weighted by Gasteiger charge is 2.28. The predicted octanol–water partition coefficient (Wildman–Crippen LogP) is 1.17. The standard InChI is InChI=1S/C18H29N5O4/c1-6-9-22(10-7-2)11-13-19-15-14(16(24)20-18(26)21(15)4)23(13)12(8-3)17(25)27-5/h12H,6-11H2,1-5H3,(H,20,24,26)/t12-/m0/s1. The number of aryl methyl sites for hydroxylation is 1. The number of nitrogens with zero attached hydrogens (tertiary/aromatic N) is 4. The van der Waals surface area contributed by atoms with E-state index in [-0.39, 0.29) is 11.2 Å². The third-order valence-corrected chi connectivity index (χ3v) is 4.64. The van der Waals surface area contributed by atoms with Gasteiger partial charge in [-0.15, -0.1) is 0 Å². The molecular formula is C18H29N5O4. The second-order valence-electron chi connectivity index (χ2n) is 6.61. The van der Waals surface area contributed by atoms with Crippen LogP contribution >= 0.6 is 0 Å². The summed E-state index contributed by atoms with van der Waals surface area (Å²) in [6, 6.07) is -0.682. The number of hydrogen-bond acceptors (Lipinski definition) is 6. The molecule has 0 bridgehead atoms. The van der Waals surface area contributed by atoms with E-state index >= 15 is 0 Å². The Kier molecular flexibility index (Phi) is 6.95. The van der Waals surface area contributed by atoms with E-state index in [1.807, 2.05) is 6.92 Å². The van der Waals surface area contributed by atoms with Crippen molar-refractivity contribution in [2.75, 3.05) is 20.2 Å². The van der Waals surface area contributed by atoms with Crippen molar-refractivity contribution in [2.24, 2.45) is 7.05 Å². The van der Waals surface area contributed by atoms with Gasteiger partial charge in [0, 0.05) is 7.05 Å². The third kappa shape index (κ3) is 4.13. The number of hydrogen-bond donors (Lipinski definition) is 1. The topological polar surface area (TPSA) is 102 Å². The van der Waals surface area contributed by atoms with Crippen molar-refractivity contribution < 1.29 is 9.53 Å². The van der Waals surface area contributed by atoms with E-state index in [1.54, 1.807) is 11.6 Å². The highest BCUT2D eigenvalue weighted by Crippen LogP contribution is 2.22. The summed E-state index contributed by atoms with van der Waals surface area (Å²) >= 11 is 0. The highest BCUT2D eigenvalue weighted by molar-refractivity contribution is 5.79. The van der Waals surface area contributed by atoms with Gasteiger partial charge in [-0.2, -0.15) is 0 Å². The number of imidazole rings is 1. The summed E-state index contributed by atoms with van der Waals surface area (Å²) in [4.78, 5) is 46.0. The van der Waals surface area contributed by atoms with E-state index in [0.717, 1.165) is 25.9 Å². The molecule has 9 nitrogen and oxygen atoms in total. The number of methoxy groups -OCH3 is 1. The second-order valence-corrected chi connectivity index (χ2v) is 6.61. The van der Waals surface area contributed by atoms with Crippen LogP contribution in [0.3, 0.4) is 0 Å². The molecule has 9 heteroatoms. The molecule has 0 unspecified atom stereocenters. The highest BCUT2D eigenvalue weighted by atomic mass is 16.5. The number of rotatable bonds is 9. The number of aromatic amines is 1. The number of aromatic nitrogens is 4. The molecule has 0 aromatic carbocycles. The van der Waals surface area contributed by atoms with E-state index in [0.29, 0.717) is 18.8 Å². The maximum absolute atomic E-state index is 12.6. The predicted molar refractivity (Wildman–Crippen MR) is 103 cm³/mol. The number of H-pyrrole nitrogens is 1. The molecule has 2 heterocycles. The van der Waals surface area contributed by atoms with Gasteiger partial charge in [0.25, 0.3) is 5.56 Å². The summed E-state index contributed by atoms with van der Waals surface area (Å²) in [5, 5.41) is 0. The minimum Gasteiger partial charge on any atom is -0.467 e. The molecule has 0 amide bonds. The molecule has 0 radical (unpaired) electrons. The number of carbonyl (C=O) groups excluding carboxylic acids is 1. The Balaban J connectivity index is 2.74. The molecule has 0 aliphatic rings. The van der Waals surface area contributed by atoms with Crippen LogP contribution in [0.1, 0.15) is 51.9 Å². The molecule has 27 heavy (non-hydrogen) atoms. The lowest BCUT2D eigenvalue weighted by Gasteiger charge is -2.23. The molecule has 0 saturated heterocycles. The van der Waals surface area contributed by atoms with Gasteiger partial charge in [0.05, 0.1) is 13.7 Å². The summed E-state index contributed by atoms with van der Waals surface area (Å²) in [5.41, 5.74) is -0.591. The maximum atomic E-state index is 12.6. The van der Waals surface area contributed by atoms with E-state index < -0.39 is 23.3 Å². The first-order valence-corrected chi connectivity index (χ1v) is 9.39. The van der Waals surface area contributed by atoms with Gasteiger partial charge in [0.1, 0.15) is 11.9 Å². The minimum absolute atomic E-state index is 0.220. The molecule has 1 N–H and O–H groups in total. The number of esters is 1. The van der Waals surface area contributed by atoms with Crippen LogP contribution in [0.15, 0.2) is 9.59 Å². The average molecular weight is 379 g/mol. The summed E-state index contributed by atoms with van der Waals surface area (Å²) in [7, 11) is 2.88. The maximum Gasteiger partial charge on any atom is 0.329 e. The molecule has 0 aliphatic heterocycles. The SMILES string of the molecule is CCCN(CCC)Cc1nc2c(c(=O)[nH]c(=O)n2C)n1[C@@H](CC)C(=O)OC. The number of nitrogens with one attached hydrogen (secondary N) is 1. The van der Waals surface area contributed by atoms with Gasteiger partial charge in [-0.3, -0.25) is 19.2 Å². The second kappa shape index (κ2) is 8.98. The van der Waals surface area contributed by atoms with E-state index in [1.165, 1.54) is 11.7 Å². The van der Waals surface area contributed by atoms with Gasteiger partial charge in [0.2, 0.25) is 0 Å². The summed E-state index contributed by atoms with van der Waals surface area (Å²) in [6.07, 6.45) is 2.40. The van der Waals surface area contributed by atoms with Crippen molar-refractivity contribution in [3.05, 3.63) is 26.7 Å². The van der Waals surface area contributed by atoms with Crippen LogP contribution < -0.4 is 11.2 Å².